The summed E-state index contributed by atoms with van der Waals surface area (Å²) in [6, 6.07) is 10.1. The van der Waals surface area contributed by atoms with Gasteiger partial charge in [0.1, 0.15) is 5.75 Å². The van der Waals surface area contributed by atoms with Crippen LogP contribution in [0.25, 0.3) is 0 Å². The molecule has 3 rings (SSSR count). The first kappa shape index (κ1) is 21.3. The van der Waals surface area contributed by atoms with Crippen LogP contribution in [0.3, 0.4) is 0 Å². The van der Waals surface area contributed by atoms with E-state index in [1.807, 2.05) is 13.0 Å². The van der Waals surface area contributed by atoms with E-state index in [-0.39, 0.29) is 22.4 Å². The predicted octanol–water partition coefficient (Wildman–Crippen LogP) is 3.36. The van der Waals surface area contributed by atoms with Crippen molar-refractivity contribution in [2.24, 2.45) is 0 Å². The van der Waals surface area contributed by atoms with Gasteiger partial charge in [0, 0.05) is 12.6 Å². The first-order chi connectivity index (χ1) is 13.9. The molecule has 0 saturated heterocycles. The predicted molar refractivity (Wildman–Crippen MR) is 113 cm³/mol. The van der Waals surface area contributed by atoms with E-state index in [9.17, 15) is 13.2 Å². The van der Waals surface area contributed by atoms with E-state index >= 15 is 0 Å². The summed E-state index contributed by atoms with van der Waals surface area (Å²) in [5, 5.41) is 2.68. The zero-order valence-electron chi connectivity index (χ0n) is 17.1. The molecule has 0 bridgehead atoms. The minimum atomic E-state index is -3.81. The Kier molecular flexibility index (Phi) is 6.59. The first-order valence-corrected chi connectivity index (χ1v) is 11.4. The standard InChI is InChI=1S/C22H28N2O4S/c1-4-23-22(25)20-14-19(11-12-21(20)28-3)29(26,27)24-15(2)17-10-9-16-7-5-6-8-18(16)13-17/h9-15,24H,4-8H2,1-3H3,(H,23,25). The number of amides is 1. The maximum atomic E-state index is 13.0. The van der Waals surface area contributed by atoms with Gasteiger partial charge in [-0.3, -0.25) is 4.79 Å². The van der Waals surface area contributed by atoms with Crippen LogP contribution in [0.2, 0.25) is 0 Å². The summed E-state index contributed by atoms with van der Waals surface area (Å²) in [5.74, 6) is -0.0400. The first-order valence-electron chi connectivity index (χ1n) is 9.96. The molecule has 7 heteroatoms. The van der Waals surface area contributed by atoms with Crippen molar-refractivity contribution >= 4 is 15.9 Å². The third kappa shape index (κ3) is 4.79. The van der Waals surface area contributed by atoms with Gasteiger partial charge < -0.3 is 10.1 Å². The molecule has 0 aromatic heterocycles. The van der Waals surface area contributed by atoms with Crippen molar-refractivity contribution in [2.45, 2.75) is 50.5 Å². The van der Waals surface area contributed by atoms with Crippen molar-refractivity contribution in [3.05, 3.63) is 58.7 Å². The van der Waals surface area contributed by atoms with Crippen LogP contribution < -0.4 is 14.8 Å². The molecule has 1 aliphatic carbocycles. The Hall–Kier alpha value is -2.38. The minimum Gasteiger partial charge on any atom is -0.496 e. The summed E-state index contributed by atoms with van der Waals surface area (Å²) in [4.78, 5) is 12.3. The van der Waals surface area contributed by atoms with Gasteiger partial charge in [-0.1, -0.05) is 18.2 Å². The van der Waals surface area contributed by atoms with Gasteiger partial charge in [-0.25, -0.2) is 13.1 Å². The molecule has 1 atom stereocenters. The minimum absolute atomic E-state index is 0.0318. The normalized spacial score (nSPS) is 14.7. The third-order valence-electron chi connectivity index (χ3n) is 5.27. The summed E-state index contributed by atoms with van der Waals surface area (Å²) >= 11 is 0. The number of methoxy groups -OCH3 is 1. The molecule has 0 spiro atoms. The van der Waals surface area contributed by atoms with Gasteiger partial charge in [0.2, 0.25) is 10.0 Å². The van der Waals surface area contributed by atoms with Crippen molar-refractivity contribution < 1.29 is 17.9 Å². The largest absolute Gasteiger partial charge is 0.496 e. The highest BCUT2D eigenvalue weighted by atomic mass is 32.2. The van der Waals surface area contributed by atoms with Crippen molar-refractivity contribution in [2.75, 3.05) is 13.7 Å². The molecule has 0 radical (unpaired) electrons. The van der Waals surface area contributed by atoms with Gasteiger partial charge >= 0.3 is 0 Å². The zero-order chi connectivity index (χ0) is 21.0. The number of aryl methyl sites for hydroxylation is 2. The smallest absolute Gasteiger partial charge is 0.255 e. The summed E-state index contributed by atoms with van der Waals surface area (Å²) in [6.07, 6.45) is 4.51. The van der Waals surface area contributed by atoms with Gasteiger partial charge in [-0.05, 0) is 74.4 Å². The monoisotopic (exact) mass is 416 g/mol. The number of hydrogen-bond donors (Lipinski definition) is 2. The number of fused-ring (bicyclic) bond motifs is 1. The molecule has 0 heterocycles. The molecule has 2 aromatic carbocycles. The number of sulfonamides is 1. The van der Waals surface area contributed by atoms with Crippen LogP contribution in [0, 0.1) is 0 Å². The topological polar surface area (TPSA) is 84.5 Å². The van der Waals surface area contributed by atoms with Crippen LogP contribution in [-0.4, -0.2) is 28.0 Å². The SMILES string of the molecule is CCNC(=O)c1cc(S(=O)(=O)NC(C)c2ccc3c(c2)CCCC3)ccc1OC. The molecule has 0 saturated carbocycles. The number of rotatable bonds is 7. The highest BCUT2D eigenvalue weighted by molar-refractivity contribution is 7.89. The molecular formula is C22H28N2O4S. The summed E-state index contributed by atoms with van der Waals surface area (Å²) < 4.78 is 33.8. The third-order valence-corrected chi connectivity index (χ3v) is 6.81. The average Bonchev–Trinajstić information content (AvgIpc) is 2.72. The van der Waals surface area contributed by atoms with E-state index < -0.39 is 10.0 Å². The summed E-state index contributed by atoms with van der Waals surface area (Å²) in [5.41, 5.74) is 3.80. The van der Waals surface area contributed by atoms with E-state index in [0.717, 1.165) is 18.4 Å². The lowest BCUT2D eigenvalue weighted by molar-refractivity contribution is 0.0952. The fourth-order valence-corrected chi connectivity index (χ4v) is 4.94. The Morgan fingerprint density at radius 3 is 2.52 bits per heavy atom. The number of carbonyl (C=O) groups excluding carboxylic acids is 1. The quantitative estimate of drug-likeness (QED) is 0.725. The molecule has 1 amide bonds. The Morgan fingerprint density at radius 2 is 1.83 bits per heavy atom. The van der Waals surface area contributed by atoms with E-state index in [0.29, 0.717) is 12.3 Å². The molecular weight excluding hydrogens is 388 g/mol. The molecule has 6 nitrogen and oxygen atoms in total. The van der Waals surface area contributed by atoms with Crippen LogP contribution in [0.15, 0.2) is 41.3 Å². The van der Waals surface area contributed by atoms with Crippen LogP contribution in [0.4, 0.5) is 0 Å². The molecule has 1 unspecified atom stereocenters. The van der Waals surface area contributed by atoms with Gasteiger partial charge in [0.15, 0.2) is 0 Å². The Bertz CT molecular complexity index is 1000. The van der Waals surface area contributed by atoms with Crippen LogP contribution in [-0.2, 0) is 22.9 Å². The van der Waals surface area contributed by atoms with Crippen LogP contribution in [0.1, 0.15) is 59.8 Å². The van der Waals surface area contributed by atoms with E-state index in [1.54, 1.807) is 6.92 Å². The maximum Gasteiger partial charge on any atom is 0.255 e. The number of nitrogens with one attached hydrogen (secondary N) is 2. The van der Waals surface area contributed by atoms with E-state index in [2.05, 4.69) is 22.2 Å². The zero-order valence-corrected chi connectivity index (χ0v) is 17.9. The van der Waals surface area contributed by atoms with E-state index in [1.165, 1.54) is 49.3 Å². The van der Waals surface area contributed by atoms with Gasteiger partial charge in [0.25, 0.3) is 5.91 Å². The van der Waals surface area contributed by atoms with Crippen molar-refractivity contribution in [1.82, 2.24) is 10.0 Å². The van der Waals surface area contributed by atoms with Crippen molar-refractivity contribution in [3.63, 3.8) is 0 Å². The summed E-state index contributed by atoms with van der Waals surface area (Å²) in [6.45, 7) is 4.07. The lowest BCUT2D eigenvalue weighted by Gasteiger charge is -2.20. The van der Waals surface area contributed by atoms with Crippen LogP contribution in [0.5, 0.6) is 5.75 Å². The maximum absolute atomic E-state index is 13.0. The fourth-order valence-electron chi connectivity index (χ4n) is 3.68. The highest BCUT2D eigenvalue weighted by Crippen LogP contribution is 2.27. The average molecular weight is 417 g/mol. The van der Waals surface area contributed by atoms with E-state index in [4.69, 9.17) is 4.74 Å². The fraction of sp³-hybridized carbons (Fsp3) is 0.409. The highest BCUT2D eigenvalue weighted by Gasteiger charge is 2.22. The number of ether oxygens (including phenoxy) is 1. The molecule has 156 valence electrons. The van der Waals surface area contributed by atoms with Crippen molar-refractivity contribution in [1.29, 1.82) is 0 Å². The van der Waals surface area contributed by atoms with Gasteiger partial charge in [-0.2, -0.15) is 0 Å². The second-order valence-corrected chi connectivity index (χ2v) is 9.01. The Morgan fingerprint density at radius 1 is 1.10 bits per heavy atom. The Labute approximate surface area is 172 Å². The number of hydrogen-bond acceptors (Lipinski definition) is 4. The molecule has 0 fully saturated rings. The lowest BCUT2D eigenvalue weighted by atomic mass is 9.89. The molecule has 1 aliphatic rings. The van der Waals surface area contributed by atoms with Crippen LogP contribution >= 0.6 is 0 Å². The van der Waals surface area contributed by atoms with Gasteiger partial charge in [-0.15, -0.1) is 0 Å². The molecule has 0 aliphatic heterocycles. The molecule has 2 N–H and O–H groups in total. The second kappa shape index (κ2) is 8.97. The second-order valence-electron chi connectivity index (χ2n) is 7.30. The summed E-state index contributed by atoms with van der Waals surface area (Å²) in [7, 11) is -2.36. The number of benzene rings is 2. The number of carbonyl (C=O) groups is 1. The lowest BCUT2D eigenvalue weighted by Crippen LogP contribution is -2.28. The van der Waals surface area contributed by atoms with Crippen molar-refractivity contribution in [3.8, 4) is 5.75 Å². The Balaban J connectivity index is 1.85. The molecule has 2 aromatic rings. The molecule has 29 heavy (non-hydrogen) atoms. The van der Waals surface area contributed by atoms with Gasteiger partial charge in [0.05, 0.1) is 17.6 Å².